The van der Waals surface area contributed by atoms with Gasteiger partial charge in [-0.05, 0) is 12.1 Å². The van der Waals surface area contributed by atoms with Gasteiger partial charge in [-0.1, -0.05) is 23.7 Å². The summed E-state index contributed by atoms with van der Waals surface area (Å²) < 4.78 is 5.54. The second-order valence-electron chi connectivity index (χ2n) is 3.11. The molecule has 0 unspecified atom stereocenters. The van der Waals surface area contributed by atoms with Gasteiger partial charge in [0.15, 0.2) is 10.9 Å². The molecule has 1 aromatic heterocycles. The van der Waals surface area contributed by atoms with E-state index in [-0.39, 0.29) is 0 Å². The van der Waals surface area contributed by atoms with Crippen molar-refractivity contribution in [3.05, 3.63) is 35.5 Å². The first kappa shape index (κ1) is 8.49. The molecule has 4 nitrogen and oxygen atoms in total. The van der Waals surface area contributed by atoms with Gasteiger partial charge in [-0.2, -0.15) is 0 Å². The number of ether oxygens (including phenoxy) is 1. The van der Waals surface area contributed by atoms with Crippen molar-refractivity contribution in [3.63, 3.8) is 0 Å². The Hall–Kier alpha value is -1.81. The Morgan fingerprint density at radius 2 is 2.00 bits per heavy atom. The molecule has 0 bridgehead atoms. The van der Waals surface area contributed by atoms with Crippen LogP contribution in [0.3, 0.4) is 0 Å². The first-order valence-electron chi connectivity index (χ1n) is 4.40. The molecule has 0 saturated carbocycles. The summed E-state index contributed by atoms with van der Waals surface area (Å²) in [6, 6.07) is 9.29. The summed E-state index contributed by atoms with van der Waals surface area (Å²) in [7, 11) is 0. The van der Waals surface area contributed by atoms with Gasteiger partial charge in [0.05, 0.1) is 5.69 Å². The summed E-state index contributed by atoms with van der Waals surface area (Å²) in [5, 5.41) is 11.1. The zero-order valence-electron chi connectivity index (χ0n) is 7.57. The maximum absolute atomic E-state index is 5.73. The number of hydrogen-bond acceptors (Lipinski definition) is 4. The molecule has 15 heavy (non-hydrogen) atoms. The summed E-state index contributed by atoms with van der Waals surface area (Å²) in [6.07, 6.45) is 0. The standard InChI is InChI=1S/C10H6ClN3O/c11-9-5-7-10(14-13-9)15-8-4-2-1-3-6(8)12-7/h1-5,12H. The first-order valence-corrected chi connectivity index (χ1v) is 4.78. The number of para-hydroxylation sites is 2. The summed E-state index contributed by atoms with van der Waals surface area (Å²) in [5.74, 6) is 1.18. The van der Waals surface area contributed by atoms with Gasteiger partial charge in [-0.25, -0.2) is 0 Å². The van der Waals surface area contributed by atoms with Crippen LogP contribution in [-0.4, -0.2) is 10.2 Å². The van der Waals surface area contributed by atoms with Crippen LogP contribution >= 0.6 is 11.6 Å². The van der Waals surface area contributed by atoms with Crippen LogP contribution in [0.2, 0.25) is 5.15 Å². The molecule has 0 radical (unpaired) electrons. The average Bonchev–Trinajstić information content (AvgIpc) is 2.26. The molecule has 0 atom stereocenters. The zero-order chi connectivity index (χ0) is 10.3. The molecule has 0 aliphatic carbocycles. The fourth-order valence-electron chi connectivity index (χ4n) is 1.43. The molecule has 0 saturated heterocycles. The lowest BCUT2D eigenvalue weighted by molar-refractivity contribution is 0.454. The fourth-order valence-corrected chi connectivity index (χ4v) is 1.58. The van der Waals surface area contributed by atoms with Crippen LogP contribution in [0.15, 0.2) is 30.3 Å². The Balaban J connectivity index is 2.11. The maximum Gasteiger partial charge on any atom is 0.263 e. The first-order chi connectivity index (χ1) is 7.33. The van der Waals surface area contributed by atoms with Gasteiger partial charge in [0.25, 0.3) is 5.88 Å². The molecule has 0 fully saturated rings. The van der Waals surface area contributed by atoms with Crippen LogP contribution in [0, 0.1) is 0 Å². The number of hydrogen-bond donors (Lipinski definition) is 1. The zero-order valence-corrected chi connectivity index (χ0v) is 8.32. The molecule has 1 N–H and O–H groups in total. The fraction of sp³-hybridized carbons (Fsp3) is 0. The van der Waals surface area contributed by atoms with E-state index in [1.165, 1.54) is 0 Å². The summed E-state index contributed by atoms with van der Waals surface area (Å²) in [5.41, 5.74) is 1.63. The molecule has 0 amide bonds. The minimum atomic E-state index is 0.337. The smallest absolute Gasteiger partial charge is 0.263 e. The Morgan fingerprint density at radius 3 is 2.93 bits per heavy atom. The second kappa shape index (κ2) is 3.10. The summed E-state index contributed by atoms with van der Waals surface area (Å²) >= 11 is 5.73. The predicted octanol–water partition coefficient (Wildman–Crippen LogP) is 2.98. The lowest BCUT2D eigenvalue weighted by atomic mass is 10.2. The minimum Gasteiger partial charge on any atom is -0.434 e. The summed E-state index contributed by atoms with van der Waals surface area (Å²) in [6.45, 7) is 0. The Morgan fingerprint density at radius 1 is 1.13 bits per heavy atom. The average molecular weight is 220 g/mol. The van der Waals surface area contributed by atoms with Crippen molar-refractivity contribution in [3.8, 4) is 11.6 Å². The van der Waals surface area contributed by atoms with Gasteiger partial charge in [0.2, 0.25) is 0 Å². The normalized spacial score (nSPS) is 12.1. The molecule has 0 spiro atoms. The van der Waals surface area contributed by atoms with E-state index < -0.39 is 0 Å². The third kappa shape index (κ3) is 1.39. The molecule has 1 aromatic carbocycles. The van der Waals surface area contributed by atoms with Crippen molar-refractivity contribution >= 4 is 23.0 Å². The number of fused-ring (bicyclic) bond motifs is 2. The van der Waals surface area contributed by atoms with Gasteiger partial charge >= 0.3 is 0 Å². The number of benzene rings is 1. The number of nitrogens with zero attached hydrogens (tertiary/aromatic N) is 2. The van der Waals surface area contributed by atoms with Crippen molar-refractivity contribution in [1.82, 2.24) is 10.2 Å². The van der Waals surface area contributed by atoms with E-state index >= 15 is 0 Å². The van der Waals surface area contributed by atoms with Crippen molar-refractivity contribution in [2.24, 2.45) is 0 Å². The SMILES string of the molecule is Clc1cc2c(nn1)Oc1ccccc1N2. The molecule has 1 aliphatic rings. The van der Waals surface area contributed by atoms with Crippen molar-refractivity contribution in [2.75, 3.05) is 5.32 Å². The Labute approximate surface area is 90.9 Å². The van der Waals surface area contributed by atoms with E-state index in [1.54, 1.807) is 6.07 Å². The topological polar surface area (TPSA) is 47.0 Å². The van der Waals surface area contributed by atoms with E-state index in [1.807, 2.05) is 24.3 Å². The van der Waals surface area contributed by atoms with Crippen LogP contribution in [0.25, 0.3) is 0 Å². The molecular formula is C10H6ClN3O. The van der Waals surface area contributed by atoms with E-state index in [2.05, 4.69) is 15.5 Å². The van der Waals surface area contributed by atoms with Gasteiger partial charge in [-0.15, -0.1) is 10.2 Å². The number of anilines is 2. The van der Waals surface area contributed by atoms with Gasteiger partial charge in [0.1, 0.15) is 5.69 Å². The quantitative estimate of drug-likeness (QED) is 0.632. The van der Waals surface area contributed by atoms with E-state index in [4.69, 9.17) is 16.3 Å². The highest BCUT2D eigenvalue weighted by Crippen LogP contribution is 2.40. The lowest BCUT2D eigenvalue weighted by Crippen LogP contribution is -2.05. The van der Waals surface area contributed by atoms with E-state index in [0.717, 1.165) is 17.1 Å². The molecule has 1 aliphatic heterocycles. The van der Waals surface area contributed by atoms with Crippen LogP contribution in [-0.2, 0) is 0 Å². The molecular weight excluding hydrogens is 214 g/mol. The number of rotatable bonds is 0. The number of aromatic nitrogens is 2. The largest absolute Gasteiger partial charge is 0.434 e. The van der Waals surface area contributed by atoms with Gasteiger partial charge < -0.3 is 10.1 Å². The third-order valence-corrected chi connectivity index (χ3v) is 2.28. The highest BCUT2D eigenvalue weighted by atomic mass is 35.5. The molecule has 3 rings (SSSR count). The Bertz CT molecular complexity index is 530. The molecule has 2 aromatic rings. The van der Waals surface area contributed by atoms with E-state index in [0.29, 0.717) is 11.0 Å². The highest BCUT2D eigenvalue weighted by Gasteiger charge is 2.17. The summed E-state index contributed by atoms with van der Waals surface area (Å²) in [4.78, 5) is 0. The number of nitrogens with one attached hydrogen (secondary N) is 1. The monoisotopic (exact) mass is 219 g/mol. The van der Waals surface area contributed by atoms with Crippen LogP contribution in [0.5, 0.6) is 11.6 Å². The molecule has 5 heteroatoms. The molecule has 74 valence electrons. The van der Waals surface area contributed by atoms with Gasteiger partial charge in [-0.3, -0.25) is 0 Å². The molecule has 2 heterocycles. The highest BCUT2D eigenvalue weighted by molar-refractivity contribution is 6.29. The second-order valence-corrected chi connectivity index (χ2v) is 3.50. The van der Waals surface area contributed by atoms with Crippen molar-refractivity contribution in [1.29, 1.82) is 0 Å². The van der Waals surface area contributed by atoms with Crippen LogP contribution in [0.4, 0.5) is 11.4 Å². The maximum atomic E-state index is 5.73. The van der Waals surface area contributed by atoms with Crippen molar-refractivity contribution in [2.45, 2.75) is 0 Å². The van der Waals surface area contributed by atoms with Crippen molar-refractivity contribution < 1.29 is 4.74 Å². The number of halogens is 1. The lowest BCUT2D eigenvalue weighted by Gasteiger charge is -2.19. The third-order valence-electron chi connectivity index (χ3n) is 2.09. The Kier molecular flexibility index (Phi) is 1.76. The minimum absolute atomic E-state index is 0.337. The van der Waals surface area contributed by atoms with Crippen LogP contribution in [0.1, 0.15) is 0 Å². The predicted molar refractivity (Wildman–Crippen MR) is 56.8 cm³/mol. The van der Waals surface area contributed by atoms with Gasteiger partial charge in [0, 0.05) is 6.07 Å². The van der Waals surface area contributed by atoms with E-state index in [9.17, 15) is 0 Å². The van der Waals surface area contributed by atoms with Crippen LogP contribution < -0.4 is 10.1 Å².